The van der Waals surface area contributed by atoms with Gasteiger partial charge in [0, 0.05) is 0 Å². The Morgan fingerprint density at radius 1 is 1.42 bits per heavy atom. The lowest BCUT2D eigenvalue weighted by molar-refractivity contribution is 0.229. The molecule has 2 heterocycles. The smallest absolute Gasteiger partial charge is 0.382 e. The Kier molecular flexibility index (Phi) is 3.73. The quantitative estimate of drug-likeness (QED) is 0.793. The number of imidazole rings is 1. The van der Waals surface area contributed by atoms with Crippen molar-refractivity contribution in [3.05, 3.63) is 12.7 Å². The Hall–Kier alpha value is -1.66. The SMILES string of the molecule is CCC(CC)P(=O)(O)On1cnc2c(N)ncnc21. The van der Waals surface area contributed by atoms with E-state index in [0.717, 1.165) is 4.73 Å². The molecule has 2 rings (SSSR count). The molecule has 0 aromatic carbocycles. The molecule has 0 aliphatic rings. The van der Waals surface area contributed by atoms with E-state index >= 15 is 0 Å². The molecule has 0 aliphatic heterocycles. The summed E-state index contributed by atoms with van der Waals surface area (Å²) < 4.78 is 18.4. The van der Waals surface area contributed by atoms with Gasteiger partial charge in [0.25, 0.3) is 0 Å². The average Bonchev–Trinajstić information content (AvgIpc) is 2.74. The number of nitrogen functional groups attached to an aromatic ring is 1. The molecule has 2 aromatic heterocycles. The van der Waals surface area contributed by atoms with E-state index in [0.29, 0.717) is 18.4 Å². The minimum absolute atomic E-state index is 0.197. The van der Waals surface area contributed by atoms with Crippen molar-refractivity contribution in [1.82, 2.24) is 19.7 Å². The number of anilines is 1. The molecule has 19 heavy (non-hydrogen) atoms. The number of nitrogens with zero attached hydrogens (tertiary/aromatic N) is 4. The van der Waals surface area contributed by atoms with Gasteiger partial charge >= 0.3 is 7.60 Å². The highest BCUT2D eigenvalue weighted by Crippen LogP contribution is 2.47. The zero-order valence-electron chi connectivity index (χ0n) is 10.7. The number of aromatic nitrogens is 4. The summed E-state index contributed by atoms with van der Waals surface area (Å²) in [6.45, 7) is 3.68. The average molecular weight is 285 g/mol. The van der Waals surface area contributed by atoms with E-state index in [-0.39, 0.29) is 11.5 Å². The second kappa shape index (κ2) is 5.14. The number of hydrogen-bond donors (Lipinski definition) is 2. The normalized spacial score (nSPS) is 14.7. The van der Waals surface area contributed by atoms with Crippen LogP contribution in [0.3, 0.4) is 0 Å². The third-order valence-corrected chi connectivity index (χ3v) is 5.00. The van der Waals surface area contributed by atoms with Crippen LogP contribution in [0.15, 0.2) is 12.7 Å². The zero-order chi connectivity index (χ0) is 14.0. The van der Waals surface area contributed by atoms with E-state index in [4.69, 9.17) is 10.4 Å². The maximum atomic E-state index is 12.2. The number of rotatable bonds is 5. The lowest BCUT2D eigenvalue weighted by atomic mass is 10.3. The summed E-state index contributed by atoms with van der Waals surface area (Å²) in [5.74, 6) is 0.197. The van der Waals surface area contributed by atoms with Crippen molar-refractivity contribution in [1.29, 1.82) is 0 Å². The Balaban J connectivity index is 2.36. The topological polar surface area (TPSA) is 116 Å². The van der Waals surface area contributed by atoms with Gasteiger partial charge in [-0.25, -0.2) is 19.5 Å². The van der Waals surface area contributed by atoms with Gasteiger partial charge in [0.05, 0.1) is 5.66 Å². The zero-order valence-corrected chi connectivity index (χ0v) is 11.6. The van der Waals surface area contributed by atoms with Crippen LogP contribution in [0.25, 0.3) is 11.2 Å². The number of fused-ring (bicyclic) bond motifs is 1. The van der Waals surface area contributed by atoms with Crippen molar-refractivity contribution in [3.63, 3.8) is 0 Å². The molecule has 0 bridgehead atoms. The maximum absolute atomic E-state index is 12.2. The minimum atomic E-state index is -3.79. The molecule has 1 atom stereocenters. The lowest BCUT2D eigenvalue weighted by Gasteiger charge is -2.20. The summed E-state index contributed by atoms with van der Waals surface area (Å²) in [7, 11) is -3.79. The molecule has 3 N–H and O–H groups in total. The van der Waals surface area contributed by atoms with Gasteiger partial charge < -0.3 is 15.3 Å². The van der Waals surface area contributed by atoms with E-state index in [1.807, 2.05) is 13.8 Å². The van der Waals surface area contributed by atoms with Crippen molar-refractivity contribution in [2.24, 2.45) is 0 Å². The van der Waals surface area contributed by atoms with Gasteiger partial charge in [0.2, 0.25) is 5.65 Å². The van der Waals surface area contributed by atoms with E-state index in [9.17, 15) is 9.46 Å². The van der Waals surface area contributed by atoms with Crippen molar-refractivity contribution in [3.8, 4) is 0 Å². The highest BCUT2D eigenvalue weighted by Gasteiger charge is 2.32. The fourth-order valence-corrected chi connectivity index (χ4v) is 3.26. The highest BCUT2D eigenvalue weighted by atomic mass is 31.2. The summed E-state index contributed by atoms with van der Waals surface area (Å²) in [5, 5.41) is 0. The van der Waals surface area contributed by atoms with E-state index < -0.39 is 13.3 Å². The molecular weight excluding hydrogens is 269 g/mol. The largest absolute Gasteiger partial charge is 0.398 e. The first kappa shape index (κ1) is 13.8. The van der Waals surface area contributed by atoms with E-state index in [1.54, 1.807) is 0 Å². The standard InChI is InChI=1S/C10H16N5O3P/c1-3-7(4-2)19(16,17)18-15-6-14-8-9(11)12-5-13-10(8)15/h5-7H,3-4H2,1-2H3,(H,16,17)(H2,11,12,13). The van der Waals surface area contributed by atoms with Crippen molar-refractivity contribution >= 4 is 24.6 Å². The molecule has 8 nitrogen and oxygen atoms in total. The molecule has 0 spiro atoms. The van der Waals surface area contributed by atoms with Gasteiger partial charge in [0.15, 0.2) is 11.3 Å². The van der Waals surface area contributed by atoms with Gasteiger partial charge in [-0.3, -0.25) is 0 Å². The van der Waals surface area contributed by atoms with Crippen LogP contribution in [-0.4, -0.2) is 30.2 Å². The maximum Gasteiger partial charge on any atom is 0.398 e. The van der Waals surface area contributed by atoms with Crippen molar-refractivity contribution in [2.75, 3.05) is 5.73 Å². The molecular formula is C10H16N5O3P. The fourth-order valence-electron chi connectivity index (χ4n) is 1.84. The minimum Gasteiger partial charge on any atom is -0.382 e. The molecule has 1 unspecified atom stereocenters. The van der Waals surface area contributed by atoms with Gasteiger partial charge in [0.1, 0.15) is 12.7 Å². The van der Waals surface area contributed by atoms with Crippen LogP contribution in [0, 0.1) is 0 Å². The van der Waals surface area contributed by atoms with E-state index in [1.165, 1.54) is 12.7 Å². The first-order chi connectivity index (χ1) is 8.99. The molecule has 0 fully saturated rings. The predicted molar refractivity (Wildman–Crippen MR) is 70.5 cm³/mol. The Bertz CT molecular complexity index is 625. The first-order valence-corrected chi connectivity index (χ1v) is 7.60. The van der Waals surface area contributed by atoms with Crippen LogP contribution in [-0.2, 0) is 4.57 Å². The predicted octanol–water partition coefficient (Wildman–Crippen LogP) is 1.21. The third kappa shape index (κ3) is 2.54. The van der Waals surface area contributed by atoms with Crippen LogP contribution < -0.4 is 10.4 Å². The van der Waals surface area contributed by atoms with Gasteiger partial charge in [-0.05, 0) is 12.8 Å². The second-order valence-corrected chi connectivity index (χ2v) is 6.14. The number of nitrogens with two attached hydrogens (primary N) is 1. The summed E-state index contributed by atoms with van der Waals surface area (Å²) in [5.41, 5.74) is 5.82. The Labute approximate surface area is 110 Å². The molecule has 9 heteroatoms. The summed E-state index contributed by atoms with van der Waals surface area (Å²) in [6, 6.07) is 0. The Morgan fingerprint density at radius 3 is 2.74 bits per heavy atom. The summed E-state index contributed by atoms with van der Waals surface area (Å²) in [4.78, 5) is 21.7. The summed E-state index contributed by atoms with van der Waals surface area (Å²) >= 11 is 0. The van der Waals surface area contributed by atoms with Crippen LogP contribution >= 0.6 is 7.60 Å². The van der Waals surface area contributed by atoms with Crippen LogP contribution in [0.4, 0.5) is 5.82 Å². The van der Waals surface area contributed by atoms with Gasteiger partial charge in [-0.15, -0.1) is 4.73 Å². The Morgan fingerprint density at radius 2 is 2.11 bits per heavy atom. The lowest BCUT2D eigenvalue weighted by Crippen LogP contribution is -2.17. The molecule has 0 radical (unpaired) electrons. The monoisotopic (exact) mass is 285 g/mol. The molecule has 0 aliphatic carbocycles. The fraction of sp³-hybridized carbons (Fsp3) is 0.500. The number of hydrogen-bond acceptors (Lipinski definition) is 6. The van der Waals surface area contributed by atoms with Crippen molar-refractivity contribution in [2.45, 2.75) is 32.3 Å². The van der Waals surface area contributed by atoms with E-state index in [2.05, 4.69) is 15.0 Å². The molecule has 104 valence electrons. The highest BCUT2D eigenvalue weighted by molar-refractivity contribution is 7.53. The third-order valence-electron chi connectivity index (χ3n) is 2.94. The first-order valence-electron chi connectivity index (χ1n) is 5.95. The van der Waals surface area contributed by atoms with Gasteiger partial charge in [-0.1, -0.05) is 13.8 Å². The second-order valence-electron chi connectivity index (χ2n) is 4.12. The van der Waals surface area contributed by atoms with Crippen molar-refractivity contribution < 1.29 is 14.1 Å². The van der Waals surface area contributed by atoms with Crippen LogP contribution in [0.2, 0.25) is 0 Å². The van der Waals surface area contributed by atoms with Crippen LogP contribution in [0.5, 0.6) is 0 Å². The summed E-state index contributed by atoms with van der Waals surface area (Å²) in [6.07, 6.45) is 3.61. The molecule has 0 amide bonds. The molecule has 0 saturated carbocycles. The van der Waals surface area contributed by atoms with Gasteiger partial charge in [-0.2, -0.15) is 0 Å². The molecule has 0 saturated heterocycles. The molecule has 2 aromatic rings. The van der Waals surface area contributed by atoms with Crippen LogP contribution in [0.1, 0.15) is 26.7 Å².